The van der Waals surface area contributed by atoms with Crippen LogP contribution in [0.5, 0.6) is 0 Å². The standard InChI is InChI=1S/C19H27ClFN5O2S2/c20-15-10-18(30(28)25-19-24-6-9-29-19)16(21)11-17(15)23-5-1-2-7-26-8-3-4-22-12-14(26)13-27/h6,9-11,14,22-23,27H,1-5,7-8,12-13H2,(H,24,25). The van der Waals surface area contributed by atoms with Gasteiger partial charge in [-0.25, -0.2) is 13.6 Å². The molecule has 166 valence electrons. The van der Waals surface area contributed by atoms with Crippen molar-refractivity contribution in [2.75, 3.05) is 49.4 Å². The molecule has 2 aromatic rings. The molecule has 7 nitrogen and oxygen atoms in total. The van der Waals surface area contributed by atoms with Crippen molar-refractivity contribution in [2.45, 2.75) is 30.2 Å². The van der Waals surface area contributed by atoms with Crippen LogP contribution in [0.3, 0.4) is 0 Å². The first-order valence-electron chi connectivity index (χ1n) is 9.95. The van der Waals surface area contributed by atoms with Crippen molar-refractivity contribution in [2.24, 2.45) is 0 Å². The molecule has 1 aromatic heterocycles. The smallest absolute Gasteiger partial charge is 0.194 e. The lowest BCUT2D eigenvalue weighted by atomic mass is 10.2. The van der Waals surface area contributed by atoms with Crippen LogP contribution in [0.15, 0.2) is 28.6 Å². The Kier molecular flexibility index (Phi) is 9.28. The van der Waals surface area contributed by atoms with Crippen LogP contribution in [0.4, 0.5) is 15.2 Å². The molecule has 2 atom stereocenters. The maximum absolute atomic E-state index is 14.5. The van der Waals surface area contributed by atoms with Crippen molar-refractivity contribution in [1.29, 1.82) is 0 Å². The first kappa shape index (κ1) is 23.4. The van der Waals surface area contributed by atoms with Gasteiger partial charge in [0, 0.05) is 30.7 Å². The van der Waals surface area contributed by atoms with Crippen molar-refractivity contribution in [1.82, 2.24) is 15.2 Å². The molecular formula is C19H27ClFN5O2S2. The number of aromatic nitrogens is 1. The number of hydrogen-bond acceptors (Lipinski definition) is 7. The van der Waals surface area contributed by atoms with Gasteiger partial charge >= 0.3 is 0 Å². The molecular weight excluding hydrogens is 449 g/mol. The molecule has 0 saturated carbocycles. The van der Waals surface area contributed by atoms with E-state index in [4.69, 9.17) is 11.6 Å². The maximum atomic E-state index is 14.5. The second-order valence-electron chi connectivity index (χ2n) is 7.03. The van der Waals surface area contributed by atoms with E-state index in [1.54, 1.807) is 11.6 Å². The Labute approximate surface area is 187 Å². The van der Waals surface area contributed by atoms with Crippen LogP contribution in [-0.4, -0.2) is 64.6 Å². The lowest BCUT2D eigenvalue weighted by molar-refractivity contribution is 0.130. The monoisotopic (exact) mass is 475 g/mol. The lowest BCUT2D eigenvalue weighted by Crippen LogP contribution is -2.42. The molecule has 0 spiro atoms. The number of thiazole rings is 1. The van der Waals surface area contributed by atoms with Gasteiger partial charge in [0.1, 0.15) is 5.82 Å². The predicted octanol–water partition coefficient (Wildman–Crippen LogP) is 2.92. The topological polar surface area (TPSA) is 89.5 Å². The molecule has 4 N–H and O–H groups in total. The number of halogens is 2. The van der Waals surface area contributed by atoms with Crippen LogP contribution >= 0.6 is 22.9 Å². The number of anilines is 2. The van der Waals surface area contributed by atoms with E-state index in [1.807, 2.05) is 0 Å². The number of rotatable bonds is 10. The number of nitrogens with one attached hydrogen (secondary N) is 3. The predicted molar refractivity (Wildman–Crippen MR) is 121 cm³/mol. The molecule has 30 heavy (non-hydrogen) atoms. The molecule has 0 aliphatic carbocycles. The molecule has 1 aliphatic rings. The normalized spacial score (nSPS) is 18.7. The quantitative estimate of drug-likeness (QED) is 0.395. The van der Waals surface area contributed by atoms with E-state index in [1.165, 1.54) is 23.5 Å². The Bertz CT molecular complexity index is 828. The molecule has 11 heteroatoms. The fourth-order valence-corrected chi connectivity index (χ4v) is 5.21. The molecule has 0 radical (unpaired) electrons. The highest BCUT2D eigenvalue weighted by Gasteiger charge is 2.19. The van der Waals surface area contributed by atoms with Gasteiger partial charge in [0.15, 0.2) is 16.1 Å². The van der Waals surface area contributed by atoms with Gasteiger partial charge < -0.3 is 15.7 Å². The Morgan fingerprint density at radius 2 is 2.30 bits per heavy atom. The largest absolute Gasteiger partial charge is 0.395 e. The highest BCUT2D eigenvalue weighted by atomic mass is 35.5. The first-order valence-corrected chi connectivity index (χ1v) is 12.4. The third-order valence-electron chi connectivity index (χ3n) is 4.93. The van der Waals surface area contributed by atoms with E-state index in [2.05, 4.69) is 25.2 Å². The average Bonchev–Trinajstić information content (AvgIpc) is 3.13. The highest BCUT2D eigenvalue weighted by molar-refractivity contribution is 7.86. The second kappa shape index (κ2) is 11.9. The summed E-state index contributed by atoms with van der Waals surface area (Å²) in [6, 6.07) is 2.82. The Hall–Kier alpha value is -1.30. The average molecular weight is 476 g/mol. The lowest BCUT2D eigenvalue weighted by Gasteiger charge is -2.28. The maximum Gasteiger partial charge on any atom is 0.194 e. The van der Waals surface area contributed by atoms with Crippen LogP contribution in [0.25, 0.3) is 0 Å². The minimum absolute atomic E-state index is 0.00873. The minimum atomic E-state index is -1.78. The zero-order valence-electron chi connectivity index (χ0n) is 16.6. The summed E-state index contributed by atoms with van der Waals surface area (Å²) < 4.78 is 29.5. The summed E-state index contributed by atoms with van der Waals surface area (Å²) >= 11 is 7.55. The van der Waals surface area contributed by atoms with Gasteiger partial charge in [0.2, 0.25) is 0 Å². The summed E-state index contributed by atoms with van der Waals surface area (Å²) in [7, 11) is -1.78. The molecule has 2 heterocycles. The highest BCUT2D eigenvalue weighted by Crippen LogP contribution is 2.28. The molecule has 0 amide bonds. The molecule has 1 aliphatic heterocycles. The van der Waals surface area contributed by atoms with Crippen molar-refractivity contribution in [3.8, 4) is 0 Å². The number of benzene rings is 1. The fraction of sp³-hybridized carbons (Fsp3) is 0.526. The molecule has 1 fully saturated rings. The number of aliphatic hydroxyl groups excluding tert-OH is 1. The van der Waals surface area contributed by atoms with Gasteiger partial charge in [0.25, 0.3) is 0 Å². The first-order chi connectivity index (χ1) is 14.6. The van der Waals surface area contributed by atoms with Gasteiger partial charge in [-0.05, 0) is 51.0 Å². The number of aliphatic hydroxyl groups is 1. The van der Waals surface area contributed by atoms with Crippen LogP contribution in [0, 0.1) is 5.82 Å². The number of nitrogens with zero attached hydrogens (tertiary/aromatic N) is 2. The van der Waals surface area contributed by atoms with E-state index >= 15 is 0 Å². The number of unbranched alkanes of at least 4 members (excludes halogenated alkanes) is 1. The Morgan fingerprint density at radius 3 is 3.07 bits per heavy atom. The van der Waals surface area contributed by atoms with Crippen molar-refractivity contribution >= 4 is 44.7 Å². The zero-order valence-corrected chi connectivity index (χ0v) is 19.0. The van der Waals surface area contributed by atoms with E-state index < -0.39 is 16.8 Å². The van der Waals surface area contributed by atoms with E-state index in [9.17, 15) is 13.7 Å². The van der Waals surface area contributed by atoms with E-state index in [0.717, 1.165) is 45.4 Å². The fourth-order valence-electron chi connectivity index (χ4n) is 3.34. The Balaban J connectivity index is 1.47. The van der Waals surface area contributed by atoms with Crippen LogP contribution in [0.2, 0.25) is 5.02 Å². The van der Waals surface area contributed by atoms with Crippen molar-refractivity contribution < 1.29 is 13.7 Å². The third kappa shape index (κ3) is 6.60. The zero-order chi connectivity index (χ0) is 21.3. The molecule has 0 bridgehead atoms. The Morgan fingerprint density at radius 1 is 1.43 bits per heavy atom. The van der Waals surface area contributed by atoms with Crippen LogP contribution < -0.4 is 15.4 Å². The molecule has 2 unspecified atom stereocenters. The van der Waals surface area contributed by atoms with Gasteiger partial charge in [-0.3, -0.25) is 9.62 Å². The van der Waals surface area contributed by atoms with Gasteiger partial charge in [-0.2, -0.15) is 0 Å². The van der Waals surface area contributed by atoms with Crippen molar-refractivity contribution in [3.05, 3.63) is 34.5 Å². The molecule has 3 rings (SSSR count). The molecule has 1 aromatic carbocycles. The van der Waals surface area contributed by atoms with Crippen LogP contribution in [0.1, 0.15) is 19.3 Å². The SMILES string of the molecule is O=S(Nc1nccs1)c1cc(Cl)c(NCCCCN2CCCNCC2CO)cc1F. The summed E-state index contributed by atoms with van der Waals surface area (Å²) in [5, 5.41) is 18.6. The third-order valence-corrected chi connectivity index (χ3v) is 7.15. The summed E-state index contributed by atoms with van der Waals surface area (Å²) in [6.07, 6.45) is 4.51. The minimum Gasteiger partial charge on any atom is -0.395 e. The van der Waals surface area contributed by atoms with E-state index in [-0.39, 0.29) is 17.5 Å². The van der Waals surface area contributed by atoms with Gasteiger partial charge in [0.05, 0.1) is 22.2 Å². The second-order valence-corrected chi connectivity index (χ2v) is 9.52. The van der Waals surface area contributed by atoms with Gasteiger partial charge in [-0.1, -0.05) is 11.6 Å². The number of hydrogen-bond donors (Lipinski definition) is 4. The van der Waals surface area contributed by atoms with Crippen molar-refractivity contribution in [3.63, 3.8) is 0 Å². The summed E-state index contributed by atoms with van der Waals surface area (Å²) in [4.78, 5) is 6.30. The summed E-state index contributed by atoms with van der Waals surface area (Å²) in [5.41, 5.74) is 0.483. The van der Waals surface area contributed by atoms with E-state index in [0.29, 0.717) is 22.4 Å². The van der Waals surface area contributed by atoms with Crippen LogP contribution in [-0.2, 0) is 11.0 Å². The molecule has 1 saturated heterocycles. The summed E-state index contributed by atoms with van der Waals surface area (Å²) in [6.45, 7) is 4.50. The van der Waals surface area contributed by atoms with Gasteiger partial charge in [-0.15, -0.1) is 11.3 Å². The summed E-state index contributed by atoms with van der Waals surface area (Å²) in [5.74, 6) is -0.591.